The van der Waals surface area contributed by atoms with E-state index in [0.717, 1.165) is 0 Å². The van der Waals surface area contributed by atoms with Gasteiger partial charge in [-0.15, -0.1) is 0 Å². The van der Waals surface area contributed by atoms with Crippen molar-refractivity contribution in [1.29, 1.82) is 0 Å². The van der Waals surface area contributed by atoms with E-state index in [1.807, 2.05) is 0 Å². The normalized spacial score (nSPS) is 33.2. The molecule has 0 bridgehead atoms. The summed E-state index contributed by atoms with van der Waals surface area (Å²) < 4.78 is 26.4. The summed E-state index contributed by atoms with van der Waals surface area (Å²) in [7, 11) is 0. The molecule has 2 N–H and O–H groups in total. The zero-order chi connectivity index (χ0) is 13.4. The third kappa shape index (κ3) is 3.52. The number of aliphatic hydroxyl groups excluding tert-OH is 1. The average molecular weight is 365 g/mol. The molecule has 0 unspecified atom stereocenters. The van der Waals surface area contributed by atoms with Crippen molar-refractivity contribution < 1.29 is 43.3 Å². The first-order valence-electron chi connectivity index (χ1n) is 6.65. The molecule has 19 heavy (non-hydrogen) atoms. The smallest absolute Gasteiger partial charge is 0.309 e. The number of carbonyl (C=O) groups is 1. The molecule has 6 heteroatoms. The summed E-state index contributed by atoms with van der Waals surface area (Å²) in [5.41, 5.74) is -0.984. The fourth-order valence-electron chi connectivity index (χ4n) is 3.49. The van der Waals surface area contributed by atoms with Crippen LogP contribution in [-0.4, -0.2) is 28.2 Å². The molecular weight excluding hydrogens is 345 g/mol. The third-order valence-electron chi connectivity index (χ3n) is 4.78. The molecule has 0 amide bonds. The molecular formula is C13H20F2O3Rh. The molecule has 1 radical (unpaired) electrons. The molecule has 2 aliphatic carbocycles. The van der Waals surface area contributed by atoms with Crippen LogP contribution in [0.1, 0.15) is 51.4 Å². The number of carboxylic acids is 1. The Hall–Kier alpha value is -0.0866. The van der Waals surface area contributed by atoms with Crippen molar-refractivity contribution in [1.82, 2.24) is 0 Å². The van der Waals surface area contributed by atoms with Crippen molar-refractivity contribution in [3.63, 3.8) is 0 Å². The molecule has 2 fully saturated rings. The first-order chi connectivity index (χ1) is 8.36. The molecule has 0 aromatic carbocycles. The summed E-state index contributed by atoms with van der Waals surface area (Å²) in [5, 5.41) is 18.9. The van der Waals surface area contributed by atoms with Gasteiger partial charge in [-0.05, 0) is 44.4 Å². The molecule has 0 aliphatic heterocycles. The molecule has 113 valence electrons. The standard InChI is InChI=1S/C13H20F2O3.Rh/c14-13(15)7-5-12(6-8-13,11(17)18)9-1-3-10(16)4-2-9;/h9-10,16H,1-8H2,(H,17,18);. The quantitative estimate of drug-likeness (QED) is 0.740. The van der Waals surface area contributed by atoms with E-state index in [2.05, 4.69) is 0 Å². The number of aliphatic carboxylic acids is 1. The van der Waals surface area contributed by atoms with Crippen molar-refractivity contribution in [2.75, 3.05) is 0 Å². The van der Waals surface area contributed by atoms with Gasteiger partial charge in [-0.2, -0.15) is 0 Å². The Bertz CT molecular complexity index is 318. The van der Waals surface area contributed by atoms with Crippen LogP contribution in [0, 0.1) is 11.3 Å². The molecule has 3 nitrogen and oxygen atoms in total. The maximum atomic E-state index is 13.2. The van der Waals surface area contributed by atoms with Gasteiger partial charge in [-0.25, -0.2) is 8.78 Å². The molecule has 0 saturated heterocycles. The van der Waals surface area contributed by atoms with Crippen LogP contribution in [0.4, 0.5) is 8.78 Å². The zero-order valence-corrected chi connectivity index (χ0v) is 12.3. The van der Waals surface area contributed by atoms with Crippen LogP contribution in [-0.2, 0) is 24.3 Å². The molecule has 2 saturated carbocycles. The molecule has 0 aromatic rings. The monoisotopic (exact) mass is 365 g/mol. The molecule has 2 aliphatic rings. The first kappa shape index (κ1) is 17.0. The Morgan fingerprint density at radius 1 is 1.00 bits per heavy atom. The first-order valence-corrected chi connectivity index (χ1v) is 6.65. The summed E-state index contributed by atoms with van der Waals surface area (Å²) in [6, 6.07) is 0. The van der Waals surface area contributed by atoms with E-state index < -0.39 is 17.3 Å². The van der Waals surface area contributed by atoms with E-state index >= 15 is 0 Å². The zero-order valence-electron chi connectivity index (χ0n) is 10.7. The van der Waals surface area contributed by atoms with Gasteiger partial charge in [0.2, 0.25) is 5.92 Å². The average Bonchev–Trinajstić information content (AvgIpc) is 2.30. The second kappa shape index (κ2) is 6.13. The van der Waals surface area contributed by atoms with Gasteiger partial charge in [0.05, 0.1) is 11.5 Å². The number of carboxylic acid groups (broad SMARTS) is 1. The van der Waals surface area contributed by atoms with Crippen LogP contribution in [0.15, 0.2) is 0 Å². The van der Waals surface area contributed by atoms with Gasteiger partial charge in [-0.3, -0.25) is 4.79 Å². The minimum absolute atomic E-state index is 0. The SMILES string of the molecule is O=C(O)C1(C2CCC(O)CC2)CCC(F)(F)CC1.[Rh]. The Kier molecular flexibility index (Phi) is 5.47. The maximum Gasteiger partial charge on any atom is 0.309 e. The van der Waals surface area contributed by atoms with Gasteiger partial charge in [-0.1, -0.05) is 0 Å². The van der Waals surface area contributed by atoms with E-state index in [4.69, 9.17) is 0 Å². The Balaban J connectivity index is 0.00000180. The molecule has 2 rings (SSSR count). The van der Waals surface area contributed by atoms with Crippen LogP contribution in [0.5, 0.6) is 0 Å². The van der Waals surface area contributed by atoms with Gasteiger partial charge in [0.15, 0.2) is 0 Å². The molecule has 0 atom stereocenters. The van der Waals surface area contributed by atoms with Crippen molar-refractivity contribution in [3.05, 3.63) is 0 Å². The number of aliphatic hydroxyl groups is 1. The molecule has 0 heterocycles. The van der Waals surface area contributed by atoms with Crippen molar-refractivity contribution in [2.45, 2.75) is 63.4 Å². The van der Waals surface area contributed by atoms with Crippen LogP contribution >= 0.6 is 0 Å². The number of halogens is 2. The summed E-state index contributed by atoms with van der Waals surface area (Å²) in [6.45, 7) is 0. The fraction of sp³-hybridized carbons (Fsp3) is 0.923. The van der Waals surface area contributed by atoms with Gasteiger partial charge < -0.3 is 10.2 Å². The van der Waals surface area contributed by atoms with Crippen LogP contribution < -0.4 is 0 Å². The number of rotatable bonds is 2. The predicted octanol–water partition coefficient (Wildman–Crippen LogP) is 2.82. The fourth-order valence-corrected chi connectivity index (χ4v) is 3.49. The number of hydrogen-bond donors (Lipinski definition) is 2. The van der Waals surface area contributed by atoms with Gasteiger partial charge >= 0.3 is 5.97 Å². The summed E-state index contributed by atoms with van der Waals surface area (Å²) in [5.74, 6) is -3.69. The van der Waals surface area contributed by atoms with Gasteiger partial charge in [0.25, 0.3) is 0 Å². The largest absolute Gasteiger partial charge is 0.481 e. The second-order valence-electron chi connectivity index (χ2n) is 5.82. The minimum Gasteiger partial charge on any atom is -0.481 e. The Labute approximate surface area is 124 Å². The van der Waals surface area contributed by atoms with Crippen molar-refractivity contribution in [2.24, 2.45) is 11.3 Å². The summed E-state index contributed by atoms with van der Waals surface area (Å²) in [4.78, 5) is 11.6. The van der Waals surface area contributed by atoms with E-state index in [9.17, 15) is 23.8 Å². The van der Waals surface area contributed by atoms with E-state index in [1.165, 1.54) is 0 Å². The van der Waals surface area contributed by atoms with E-state index in [0.29, 0.717) is 25.7 Å². The van der Waals surface area contributed by atoms with Crippen molar-refractivity contribution in [3.8, 4) is 0 Å². The summed E-state index contributed by atoms with van der Waals surface area (Å²) >= 11 is 0. The minimum atomic E-state index is -2.70. The second-order valence-corrected chi connectivity index (χ2v) is 5.82. The summed E-state index contributed by atoms with van der Waals surface area (Å²) in [6.07, 6.45) is 1.60. The topological polar surface area (TPSA) is 57.5 Å². The van der Waals surface area contributed by atoms with Crippen LogP contribution in [0.25, 0.3) is 0 Å². The molecule has 0 aromatic heterocycles. The Morgan fingerprint density at radius 3 is 1.89 bits per heavy atom. The van der Waals surface area contributed by atoms with Crippen LogP contribution in [0.3, 0.4) is 0 Å². The van der Waals surface area contributed by atoms with Gasteiger partial charge in [0, 0.05) is 32.3 Å². The number of hydrogen-bond acceptors (Lipinski definition) is 2. The molecule has 0 spiro atoms. The van der Waals surface area contributed by atoms with Crippen LogP contribution in [0.2, 0.25) is 0 Å². The maximum absolute atomic E-state index is 13.2. The predicted molar refractivity (Wildman–Crippen MR) is 61.4 cm³/mol. The third-order valence-corrected chi connectivity index (χ3v) is 4.78. The Morgan fingerprint density at radius 2 is 1.47 bits per heavy atom. The number of alkyl halides is 2. The van der Waals surface area contributed by atoms with Gasteiger partial charge in [0.1, 0.15) is 0 Å². The van der Waals surface area contributed by atoms with E-state index in [1.54, 1.807) is 0 Å². The van der Waals surface area contributed by atoms with Crippen molar-refractivity contribution >= 4 is 5.97 Å². The van der Waals surface area contributed by atoms with E-state index in [-0.39, 0.29) is 57.2 Å².